The number of hydrogen-bond acceptors (Lipinski definition) is 4. The third kappa shape index (κ3) is 4.58. The molecule has 100 valence electrons. The second kappa shape index (κ2) is 7.50. The number of nitrogens with zero attached hydrogens (tertiary/aromatic N) is 2. The molecule has 0 aromatic carbocycles. The average Bonchev–Trinajstić information content (AvgIpc) is 2.37. The lowest BCUT2D eigenvalue weighted by Crippen LogP contribution is -2.40. The topological polar surface area (TPSA) is 81.8 Å². The third-order valence-corrected chi connectivity index (χ3v) is 2.27. The fraction of sp³-hybridized carbons (Fsp3) is 0.500. The van der Waals surface area contributed by atoms with E-state index in [4.69, 9.17) is 15.2 Å². The number of guanidine groups is 1. The average molecular weight is 252 g/mol. The smallest absolute Gasteiger partial charge is 0.218 e. The summed E-state index contributed by atoms with van der Waals surface area (Å²) in [5, 5.41) is 3.03. The third-order valence-electron chi connectivity index (χ3n) is 2.27. The van der Waals surface area contributed by atoms with E-state index >= 15 is 0 Å². The molecule has 1 rings (SSSR count). The number of nitrogens with two attached hydrogens (primary N) is 1. The molecule has 1 atom stereocenters. The van der Waals surface area contributed by atoms with E-state index in [0.717, 1.165) is 5.56 Å². The lowest BCUT2D eigenvalue weighted by molar-refractivity contribution is 0.179. The zero-order chi connectivity index (χ0) is 13.4. The van der Waals surface area contributed by atoms with Gasteiger partial charge in [0.1, 0.15) is 0 Å². The Morgan fingerprint density at radius 2 is 2.33 bits per heavy atom. The number of aromatic nitrogens is 1. The maximum Gasteiger partial charge on any atom is 0.218 e. The predicted octanol–water partition coefficient (Wildman–Crippen LogP) is 0.529. The van der Waals surface area contributed by atoms with Crippen molar-refractivity contribution in [2.24, 2.45) is 10.7 Å². The Bertz CT molecular complexity index is 395. The van der Waals surface area contributed by atoms with Crippen molar-refractivity contribution in [2.75, 3.05) is 20.8 Å². The van der Waals surface area contributed by atoms with Crippen molar-refractivity contribution in [3.05, 3.63) is 23.9 Å². The first-order chi connectivity index (χ1) is 8.67. The quantitative estimate of drug-likeness (QED) is 0.570. The van der Waals surface area contributed by atoms with E-state index in [1.165, 1.54) is 0 Å². The molecule has 0 aliphatic heterocycles. The van der Waals surface area contributed by atoms with Gasteiger partial charge < -0.3 is 20.5 Å². The van der Waals surface area contributed by atoms with Gasteiger partial charge in [-0.1, -0.05) is 6.07 Å². The minimum absolute atomic E-state index is 0.120. The van der Waals surface area contributed by atoms with Crippen LogP contribution in [0.2, 0.25) is 0 Å². The SMILES string of the molecule is COCC(C)NC(N)=NCc1cccnc1OC. The Balaban J connectivity index is 2.57. The lowest BCUT2D eigenvalue weighted by Gasteiger charge is -2.13. The van der Waals surface area contributed by atoms with Crippen molar-refractivity contribution in [1.82, 2.24) is 10.3 Å². The van der Waals surface area contributed by atoms with Gasteiger partial charge >= 0.3 is 0 Å². The van der Waals surface area contributed by atoms with Crippen molar-refractivity contribution in [1.29, 1.82) is 0 Å². The molecule has 0 amide bonds. The van der Waals surface area contributed by atoms with Crippen molar-refractivity contribution in [3.63, 3.8) is 0 Å². The van der Waals surface area contributed by atoms with Crippen LogP contribution in [0, 0.1) is 0 Å². The summed E-state index contributed by atoms with van der Waals surface area (Å²) in [6.45, 7) is 2.97. The van der Waals surface area contributed by atoms with Gasteiger partial charge in [0.15, 0.2) is 5.96 Å². The summed E-state index contributed by atoms with van der Waals surface area (Å²) in [4.78, 5) is 8.33. The molecule has 0 saturated heterocycles. The molecule has 6 heteroatoms. The van der Waals surface area contributed by atoms with E-state index in [9.17, 15) is 0 Å². The number of aliphatic imine (C=N–C) groups is 1. The maximum absolute atomic E-state index is 5.77. The maximum atomic E-state index is 5.77. The molecule has 0 spiro atoms. The minimum atomic E-state index is 0.120. The van der Waals surface area contributed by atoms with E-state index in [1.54, 1.807) is 20.4 Å². The van der Waals surface area contributed by atoms with Gasteiger partial charge in [0.2, 0.25) is 5.88 Å². The van der Waals surface area contributed by atoms with Gasteiger partial charge in [-0.05, 0) is 13.0 Å². The highest BCUT2D eigenvalue weighted by Gasteiger charge is 2.04. The van der Waals surface area contributed by atoms with Crippen LogP contribution in [0.3, 0.4) is 0 Å². The number of hydrogen-bond donors (Lipinski definition) is 2. The van der Waals surface area contributed by atoms with Gasteiger partial charge in [-0.25, -0.2) is 9.98 Å². The van der Waals surface area contributed by atoms with Crippen LogP contribution in [0.5, 0.6) is 5.88 Å². The van der Waals surface area contributed by atoms with Crippen molar-refractivity contribution >= 4 is 5.96 Å². The molecular formula is C12H20N4O2. The van der Waals surface area contributed by atoms with Crippen LogP contribution in [0.4, 0.5) is 0 Å². The summed E-state index contributed by atoms with van der Waals surface area (Å²) in [6, 6.07) is 3.86. The van der Waals surface area contributed by atoms with Gasteiger partial charge in [0.25, 0.3) is 0 Å². The van der Waals surface area contributed by atoms with E-state index in [1.807, 2.05) is 19.1 Å². The zero-order valence-electron chi connectivity index (χ0n) is 11.0. The molecule has 1 heterocycles. The summed E-state index contributed by atoms with van der Waals surface area (Å²) in [5.41, 5.74) is 6.66. The van der Waals surface area contributed by atoms with Crippen LogP contribution in [-0.4, -0.2) is 37.8 Å². The first kappa shape index (κ1) is 14.2. The molecule has 1 unspecified atom stereocenters. The molecule has 6 nitrogen and oxygen atoms in total. The van der Waals surface area contributed by atoms with Crippen LogP contribution >= 0.6 is 0 Å². The lowest BCUT2D eigenvalue weighted by atomic mass is 10.3. The number of rotatable bonds is 6. The van der Waals surface area contributed by atoms with Gasteiger partial charge in [-0.2, -0.15) is 0 Å². The molecule has 0 aliphatic rings. The molecule has 1 aromatic rings. The van der Waals surface area contributed by atoms with Crippen molar-refractivity contribution in [3.8, 4) is 5.88 Å². The number of ether oxygens (including phenoxy) is 2. The van der Waals surface area contributed by atoms with Crippen LogP contribution in [-0.2, 0) is 11.3 Å². The number of nitrogens with one attached hydrogen (secondary N) is 1. The Morgan fingerprint density at radius 3 is 3.00 bits per heavy atom. The fourth-order valence-electron chi connectivity index (χ4n) is 1.49. The van der Waals surface area contributed by atoms with Gasteiger partial charge in [-0.3, -0.25) is 0 Å². The van der Waals surface area contributed by atoms with E-state index in [0.29, 0.717) is 25.0 Å². The largest absolute Gasteiger partial charge is 0.481 e. The Hall–Kier alpha value is -1.82. The van der Waals surface area contributed by atoms with E-state index in [-0.39, 0.29) is 6.04 Å². The van der Waals surface area contributed by atoms with Crippen molar-refractivity contribution in [2.45, 2.75) is 19.5 Å². The summed E-state index contributed by atoms with van der Waals surface area (Å²) in [7, 11) is 3.23. The van der Waals surface area contributed by atoms with Crippen molar-refractivity contribution < 1.29 is 9.47 Å². The summed E-state index contributed by atoms with van der Waals surface area (Å²) in [5.74, 6) is 0.949. The van der Waals surface area contributed by atoms with E-state index in [2.05, 4.69) is 15.3 Å². The highest BCUT2D eigenvalue weighted by Crippen LogP contribution is 2.14. The molecule has 0 aliphatic carbocycles. The second-order valence-corrected chi connectivity index (χ2v) is 3.87. The number of pyridine rings is 1. The van der Waals surface area contributed by atoms with Gasteiger partial charge in [0.05, 0.1) is 20.3 Å². The van der Waals surface area contributed by atoms with Crippen LogP contribution in [0.15, 0.2) is 23.3 Å². The molecule has 18 heavy (non-hydrogen) atoms. The van der Waals surface area contributed by atoms with Crippen LogP contribution in [0.25, 0.3) is 0 Å². The number of methoxy groups -OCH3 is 2. The molecule has 0 bridgehead atoms. The summed E-state index contributed by atoms with van der Waals surface area (Å²) in [6.07, 6.45) is 1.67. The molecule has 0 radical (unpaired) electrons. The van der Waals surface area contributed by atoms with E-state index < -0.39 is 0 Å². The molecular weight excluding hydrogens is 232 g/mol. The standard InChI is InChI=1S/C12H20N4O2/c1-9(8-17-2)16-12(13)15-7-10-5-4-6-14-11(10)18-3/h4-6,9H,7-8H2,1-3H3,(H3,13,15,16). The predicted molar refractivity (Wildman–Crippen MR) is 70.6 cm³/mol. The molecule has 0 saturated carbocycles. The van der Waals surface area contributed by atoms with Gasteiger partial charge in [-0.15, -0.1) is 0 Å². The Labute approximate surface area is 107 Å². The highest BCUT2D eigenvalue weighted by atomic mass is 16.5. The fourth-order valence-corrected chi connectivity index (χ4v) is 1.49. The van der Waals surface area contributed by atoms with Crippen LogP contribution < -0.4 is 15.8 Å². The first-order valence-electron chi connectivity index (χ1n) is 5.70. The molecule has 3 N–H and O–H groups in total. The molecule has 0 fully saturated rings. The normalized spacial score (nSPS) is 13.2. The monoisotopic (exact) mass is 252 g/mol. The highest BCUT2D eigenvalue weighted by molar-refractivity contribution is 5.78. The second-order valence-electron chi connectivity index (χ2n) is 3.87. The minimum Gasteiger partial charge on any atom is -0.481 e. The van der Waals surface area contributed by atoms with Crippen LogP contribution in [0.1, 0.15) is 12.5 Å². The molecule has 1 aromatic heterocycles. The summed E-state index contributed by atoms with van der Waals surface area (Å²) >= 11 is 0. The summed E-state index contributed by atoms with van der Waals surface area (Å²) < 4.78 is 10.1. The Kier molecular flexibility index (Phi) is 5.93. The zero-order valence-corrected chi connectivity index (χ0v) is 11.0. The Morgan fingerprint density at radius 1 is 1.56 bits per heavy atom. The first-order valence-corrected chi connectivity index (χ1v) is 5.70. The van der Waals surface area contributed by atoms with Gasteiger partial charge in [0, 0.05) is 24.9 Å².